The Hall–Kier alpha value is -1.35. The lowest BCUT2D eigenvalue weighted by molar-refractivity contribution is 1.09. The molecule has 18 heavy (non-hydrogen) atoms. The van der Waals surface area contributed by atoms with Gasteiger partial charge in [-0.15, -0.1) is 0 Å². The quantitative estimate of drug-likeness (QED) is 0.831. The summed E-state index contributed by atoms with van der Waals surface area (Å²) in [5.74, 6) is 0.935. The normalized spacial score (nSPS) is 10.4. The Balaban J connectivity index is 2.31. The van der Waals surface area contributed by atoms with Crippen molar-refractivity contribution in [2.75, 3.05) is 11.9 Å². The molecule has 0 aliphatic heterocycles. The first-order valence-electron chi connectivity index (χ1n) is 6.06. The van der Waals surface area contributed by atoms with Gasteiger partial charge in [-0.25, -0.2) is 4.98 Å². The highest BCUT2D eigenvalue weighted by Crippen LogP contribution is 2.29. The maximum atomic E-state index is 4.48. The van der Waals surface area contributed by atoms with Crippen LogP contribution in [0.4, 0.5) is 11.5 Å². The van der Waals surface area contributed by atoms with Gasteiger partial charge < -0.3 is 4.90 Å². The number of hydrogen-bond acceptors (Lipinski definition) is 2. The Bertz CT molecular complexity index is 535. The van der Waals surface area contributed by atoms with Crippen LogP contribution in [-0.2, 0) is 6.42 Å². The first-order chi connectivity index (χ1) is 8.61. The largest absolute Gasteiger partial charge is 0.329 e. The van der Waals surface area contributed by atoms with Gasteiger partial charge in [0.15, 0.2) is 0 Å². The van der Waals surface area contributed by atoms with Crippen molar-refractivity contribution in [3.05, 3.63) is 52.1 Å². The van der Waals surface area contributed by atoms with Crippen molar-refractivity contribution in [2.24, 2.45) is 0 Å². The average molecular weight is 305 g/mol. The molecule has 1 heterocycles. The minimum atomic E-state index is 0.935. The van der Waals surface area contributed by atoms with Gasteiger partial charge in [0, 0.05) is 18.9 Å². The summed E-state index contributed by atoms with van der Waals surface area (Å²) in [6.07, 6.45) is 2.95. The van der Waals surface area contributed by atoms with Gasteiger partial charge in [-0.3, -0.25) is 0 Å². The molecule has 0 amide bonds. The lowest BCUT2D eigenvalue weighted by atomic mass is 10.1. The highest BCUT2D eigenvalue weighted by molar-refractivity contribution is 9.10. The third-order valence-corrected chi connectivity index (χ3v) is 3.59. The van der Waals surface area contributed by atoms with Gasteiger partial charge in [-0.1, -0.05) is 19.1 Å². The van der Waals surface area contributed by atoms with E-state index < -0.39 is 0 Å². The molecule has 0 aliphatic carbocycles. The van der Waals surface area contributed by atoms with Crippen LogP contribution in [0.5, 0.6) is 0 Å². The van der Waals surface area contributed by atoms with Crippen molar-refractivity contribution >= 4 is 27.4 Å². The molecule has 2 nitrogen and oxygen atoms in total. The molecule has 0 unspecified atom stereocenters. The number of pyridine rings is 1. The van der Waals surface area contributed by atoms with Gasteiger partial charge in [-0.05, 0) is 58.6 Å². The van der Waals surface area contributed by atoms with Gasteiger partial charge in [0.25, 0.3) is 0 Å². The van der Waals surface area contributed by atoms with Crippen LogP contribution in [-0.4, -0.2) is 12.0 Å². The number of halogens is 1. The molecular weight excluding hydrogens is 288 g/mol. The first kappa shape index (κ1) is 13.1. The number of rotatable bonds is 3. The molecule has 0 spiro atoms. The van der Waals surface area contributed by atoms with Crippen molar-refractivity contribution in [1.82, 2.24) is 4.98 Å². The van der Waals surface area contributed by atoms with E-state index in [4.69, 9.17) is 0 Å². The molecule has 0 saturated carbocycles. The van der Waals surface area contributed by atoms with E-state index in [9.17, 15) is 0 Å². The van der Waals surface area contributed by atoms with E-state index in [1.165, 1.54) is 5.56 Å². The van der Waals surface area contributed by atoms with Crippen LogP contribution in [0.25, 0.3) is 0 Å². The van der Waals surface area contributed by atoms with E-state index >= 15 is 0 Å². The van der Waals surface area contributed by atoms with E-state index in [0.717, 1.165) is 28.0 Å². The van der Waals surface area contributed by atoms with Gasteiger partial charge in [0.1, 0.15) is 5.82 Å². The molecular formula is C15H17BrN2. The Morgan fingerprint density at radius 2 is 1.89 bits per heavy atom. The molecule has 2 aromatic rings. The highest BCUT2D eigenvalue weighted by atomic mass is 79.9. The van der Waals surface area contributed by atoms with E-state index in [-0.39, 0.29) is 0 Å². The topological polar surface area (TPSA) is 16.1 Å². The maximum absolute atomic E-state index is 4.48. The van der Waals surface area contributed by atoms with Crippen LogP contribution in [0.3, 0.4) is 0 Å². The molecule has 0 atom stereocenters. The third kappa shape index (κ3) is 2.72. The Labute approximate surface area is 117 Å². The fraction of sp³-hybridized carbons (Fsp3) is 0.267. The van der Waals surface area contributed by atoms with Crippen molar-refractivity contribution in [2.45, 2.75) is 20.3 Å². The van der Waals surface area contributed by atoms with Crippen LogP contribution in [0.2, 0.25) is 0 Å². The smallest absolute Gasteiger partial charge is 0.147 e. The minimum absolute atomic E-state index is 0.935. The second-order valence-corrected chi connectivity index (χ2v) is 5.25. The Morgan fingerprint density at radius 3 is 2.44 bits per heavy atom. The molecule has 94 valence electrons. The van der Waals surface area contributed by atoms with Gasteiger partial charge >= 0.3 is 0 Å². The van der Waals surface area contributed by atoms with Crippen LogP contribution in [0.15, 0.2) is 41.0 Å². The standard InChI is InChI=1S/C15H17BrN2/c1-4-12-5-7-13(8-6-12)18(3)15-14(16)9-11(2)10-17-15/h5-10H,4H2,1-3H3. The molecule has 0 radical (unpaired) electrons. The zero-order valence-corrected chi connectivity index (χ0v) is 12.5. The summed E-state index contributed by atoms with van der Waals surface area (Å²) in [5, 5.41) is 0. The summed E-state index contributed by atoms with van der Waals surface area (Å²) < 4.78 is 1.02. The maximum Gasteiger partial charge on any atom is 0.147 e. The lowest BCUT2D eigenvalue weighted by Crippen LogP contribution is -2.11. The summed E-state index contributed by atoms with van der Waals surface area (Å²) in [6, 6.07) is 10.7. The van der Waals surface area contributed by atoms with Crippen LogP contribution in [0.1, 0.15) is 18.1 Å². The van der Waals surface area contributed by atoms with Crippen molar-refractivity contribution < 1.29 is 0 Å². The number of hydrogen-bond donors (Lipinski definition) is 0. The van der Waals surface area contributed by atoms with Gasteiger partial charge in [-0.2, -0.15) is 0 Å². The fourth-order valence-electron chi connectivity index (χ4n) is 1.85. The van der Waals surface area contributed by atoms with Crippen molar-refractivity contribution in [1.29, 1.82) is 0 Å². The van der Waals surface area contributed by atoms with Crippen LogP contribution >= 0.6 is 15.9 Å². The monoisotopic (exact) mass is 304 g/mol. The summed E-state index contributed by atoms with van der Waals surface area (Å²) in [7, 11) is 2.03. The molecule has 0 saturated heterocycles. The van der Waals surface area contributed by atoms with Gasteiger partial charge in [0.05, 0.1) is 4.47 Å². The van der Waals surface area contributed by atoms with E-state index in [1.807, 2.05) is 20.2 Å². The fourth-order valence-corrected chi connectivity index (χ4v) is 2.58. The molecule has 1 aromatic carbocycles. The number of anilines is 2. The number of benzene rings is 1. The Morgan fingerprint density at radius 1 is 1.22 bits per heavy atom. The second-order valence-electron chi connectivity index (χ2n) is 4.40. The highest BCUT2D eigenvalue weighted by Gasteiger charge is 2.09. The van der Waals surface area contributed by atoms with Crippen LogP contribution in [0, 0.1) is 6.92 Å². The van der Waals surface area contributed by atoms with E-state index in [2.05, 4.69) is 63.1 Å². The SMILES string of the molecule is CCc1ccc(N(C)c2ncc(C)cc2Br)cc1. The number of aromatic nitrogens is 1. The number of nitrogens with zero attached hydrogens (tertiary/aromatic N) is 2. The summed E-state index contributed by atoms with van der Waals surface area (Å²) >= 11 is 3.57. The Kier molecular flexibility index (Phi) is 4.02. The molecule has 0 aliphatic rings. The lowest BCUT2D eigenvalue weighted by Gasteiger charge is -2.20. The molecule has 3 heteroatoms. The van der Waals surface area contributed by atoms with E-state index in [1.54, 1.807) is 0 Å². The van der Waals surface area contributed by atoms with Crippen molar-refractivity contribution in [3.8, 4) is 0 Å². The zero-order chi connectivity index (χ0) is 13.1. The third-order valence-electron chi connectivity index (χ3n) is 3.01. The molecule has 0 N–H and O–H groups in total. The first-order valence-corrected chi connectivity index (χ1v) is 6.86. The molecule has 0 bridgehead atoms. The summed E-state index contributed by atoms with van der Waals surface area (Å²) in [5.41, 5.74) is 3.65. The van der Waals surface area contributed by atoms with E-state index in [0.29, 0.717) is 0 Å². The predicted octanol–water partition coefficient (Wildman–Crippen LogP) is 4.48. The second kappa shape index (κ2) is 5.53. The zero-order valence-electron chi connectivity index (χ0n) is 10.9. The summed E-state index contributed by atoms with van der Waals surface area (Å²) in [6.45, 7) is 4.20. The minimum Gasteiger partial charge on any atom is -0.329 e. The summed E-state index contributed by atoms with van der Waals surface area (Å²) in [4.78, 5) is 6.56. The van der Waals surface area contributed by atoms with Crippen molar-refractivity contribution in [3.63, 3.8) is 0 Å². The van der Waals surface area contributed by atoms with Gasteiger partial charge in [0.2, 0.25) is 0 Å². The molecule has 2 rings (SSSR count). The predicted molar refractivity (Wildman–Crippen MR) is 80.6 cm³/mol. The average Bonchev–Trinajstić information content (AvgIpc) is 2.38. The number of aryl methyl sites for hydroxylation is 2. The molecule has 1 aromatic heterocycles. The molecule has 0 fully saturated rings. The van der Waals surface area contributed by atoms with Crippen LogP contribution < -0.4 is 4.90 Å².